The van der Waals surface area contributed by atoms with E-state index in [1.807, 2.05) is 10.8 Å². The Labute approximate surface area is 96.8 Å². The molecule has 0 aromatic carbocycles. The molecule has 7 heteroatoms. The van der Waals surface area contributed by atoms with E-state index in [2.05, 4.69) is 20.2 Å². The van der Waals surface area contributed by atoms with Crippen molar-refractivity contribution in [3.8, 4) is 11.5 Å². The van der Waals surface area contributed by atoms with E-state index in [0.29, 0.717) is 18.1 Å². The predicted molar refractivity (Wildman–Crippen MR) is 59.9 cm³/mol. The number of nitrogens with zero attached hydrogens (tertiary/aromatic N) is 5. The van der Waals surface area contributed by atoms with E-state index >= 15 is 0 Å². The minimum absolute atomic E-state index is 0.0405. The zero-order chi connectivity index (χ0) is 11.4. The second-order valence-corrected chi connectivity index (χ2v) is 3.75. The number of aliphatic hydroxyl groups excluding tert-OH is 1. The van der Waals surface area contributed by atoms with Gasteiger partial charge in [-0.2, -0.15) is 0 Å². The zero-order valence-corrected chi connectivity index (χ0v) is 9.55. The van der Waals surface area contributed by atoms with Gasteiger partial charge in [-0.1, -0.05) is 11.8 Å². The van der Waals surface area contributed by atoms with Crippen LogP contribution in [-0.2, 0) is 6.54 Å². The van der Waals surface area contributed by atoms with Crippen molar-refractivity contribution in [2.75, 3.05) is 12.9 Å². The van der Waals surface area contributed by atoms with Crippen LogP contribution in [0.25, 0.3) is 11.5 Å². The molecule has 0 bridgehead atoms. The summed E-state index contributed by atoms with van der Waals surface area (Å²) >= 11 is 1.48. The lowest BCUT2D eigenvalue weighted by Gasteiger charge is -2.05. The summed E-state index contributed by atoms with van der Waals surface area (Å²) in [5.41, 5.74) is 0.656. The van der Waals surface area contributed by atoms with Gasteiger partial charge in [-0.25, -0.2) is 4.98 Å². The standard InChI is InChI=1S/C9H11N5OS/c1-16-9-13-12-8(14(9)4-5-15)7-6-10-2-3-11-7/h2-3,6,15H,4-5H2,1H3. The molecular formula is C9H11N5OS. The number of aromatic nitrogens is 5. The van der Waals surface area contributed by atoms with E-state index in [9.17, 15) is 0 Å². The van der Waals surface area contributed by atoms with Crippen molar-refractivity contribution < 1.29 is 5.11 Å². The van der Waals surface area contributed by atoms with E-state index in [1.165, 1.54) is 11.8 Å². The van der Waals surface area contributed by atoms with Gasteiger partial charge < -0.3 is 5.11 Å². The minimum atomic E-state index is 0.0405. The third kappa shape index (κ3) is 2.05. The molecule has 0 aliphatic heterocycles. The Morgan fingerprint density at radius 2 is 2.25 bits per heavy atom. The van der Waals surface area contributed by atoms with Crippen molar-refractivity contribution in [3.63, 3.8) is 0 Å². The van der Waals surface area contributed by atoms with Crippen LogP contribution in [-0.4, -0.2) is 42.7 Å². The van der Waals surface area contributed by atoms with Crippen molar-refractivity contribution in [1.29, 1.82) is 0 Å². The van der Waals surface area contributed by atoms with Crippen molar-refractivity contribution in [2.45, 2.75) is 11.7 Å². The highest BCUT2D eigenvalue weighted by molar-refractivity contribution is 7.98. The Balaban J connectivity index is 2.44. The van der Waals surface area contributed by atoms with E-state index in [-0.39, 0.29) is 6.61 Å². The van der Waals surface area contributed by atoms with E-state index in [1.54, 1.807) is 18.6 Å². The van der Waals surface area contributed by atoms with Crippen LogP contribution in [0.1, 0.15) is 0 Å². The van der Waals surface area contributed by atoms with Gasteiger partial charge >= 0.3 is 0 Å². The second kappa shape index (κ2) is 5.04. The summed E-state index contributed by atoms with van der Waals surface area (Å²) < 4.78 is 1.83. The fraction of sp³-hybridized carbons (Fsp3) is 0.333. The van der Waals surface area contributed by atoms with Crippen LogP contribution in [0.5, 0.6) is 0 Å². The molecule has 0 aliphatic carbocycles. The maximum Gasteiger partial charge on any atom is 0.191 e. The zero-order valence-electron chi connectivity index (χ0n) is 8.74. The molecule has 6 nitrogen and oxygen atoms in total. The first-order valence-electron chi connectivity index (χ1n) is 4.71. The summed E-state index contributed by atoms with van der Waals surface area (Å²) in [4.78, 5) is 8.15. The molecule has 0 atom stereocenters. The van der Waals surface area contributed by atoms with Crippen LogP contribution < -0.4 is 0 Å². The Bertz CT molecular complexity index is 458. The summed E-state index contributed by atoms with van der Waals surface area (Å²) in [6.45, 7) is 0.494. The summed E-state index contributed by atoms with van der Waals surface area (Å²) in [5, 5.41) is 17.8. The molecule has 0 unspecified atom stereocenters. The molecule has 2 aromatic heterocycles. The van der Waals surface area contributed by atoms with Crippen LogP contribution >= 0.6 is 11.8 Å². The molecule has 2 heterocycles. The van der Waals surface area contributed by atoms with Crippen molar-refractivity contribution in [1.82, 2.24) is 24.7 Å². The van der Waals surface area contributed by atoms with E-state index in [0.717, 1.165) is 5.16 Å². The first-order valence-corrected chi connectivity index (χ1v) is 5.93. The predicted octanol–water partition coefficient (Wildman–Crippen LogP) is 0.449. The summed E-state index contributed by atoms with van der Waals surface area (Å²) in [7, 11) is 0. The fourth-order valence-corrected chi connectivity index (χ4v) is 1.87. The molecule has 0 saturated heterocycles. The summed E-state index contributed by atoms with van der Waals surface area (Å²) in [6, 6.07) is 0. The normalized spacial score (nSPS) is 10.6. The molecule has 0 fully saturated rings. The molecule has 1 N–H and O–H groups in total. The third-order valence-corrected chi connectivity index (χ3v) is 2.68. The second-order valence-electron chi connectivity index (χ2n) is 2.98. The fourth-order valence-electron chi connectivity index (χ4n) is 1.35. The van der Waals surface area contributed by atoms with Gasteiger partial charge in [-0.05, 0) is 6.26 Å². The molecule has 0 radical (unpaired) electrons. The van der Waals surface area contributed by atoms with Gasteiger partial charge in [0, 0.05) is 18.9 Å². The molecule has 0 amide bonds. The number of rotatable bonds is 4. The van der Waals surface area contributed by atoms with Gasteiger partial charge in [-0.15, -0.1) is 10.2 Å². The van der Waals surface area contributed by atoms with Gasteiger partial charge in [0.1, 0.15) is 5.69 Å². The van der Waals surface area contributed by atoms with Crippen LogP contribution in [0.15, 0.2) is 23.7 Å². The highest BCUT2D eigenvalue weighted by atomic mass is 32.2. The Morgan fingerprint density at radius 3 is 2.88 bits per heavy atom. The van der Waals surface area contributed by atoms with Gasteiger partial charge in [-0.3, -0.25) is 9.55 Å². The first-order chi connectivity index (χ1) is 7.86. The average Bonchev–Trinajstić information content (AvgIpc) is 2.74. The molecular weight excluding hydrogens is 226 g/mol. The lowest BCUT2D eigenvalue weighted by atomic mass is 10.4. The van der Waals surface area contributed by atoms with Crippen LogP contribution in [0.2, 0.25) is 0 Å². The molecule has 2 rings (SSSR count). The molecule has 84 valence electrons. The highest BCUT2D eigenvalue weighted by Gasteiger charge is 2.13. The number of hydrogen-bond acceptors (Lipinski definition) is 6. The average molecular weight is 237 g/mol. The van der Waals surface area contributed by atoms with Gasteiger partial charge in [0.15, 0.2) is 11.0 Å². The van der Waals surface area contributed by atoms with Crippen molar-refractivity contribution in [3.05, 3.63) is 18.6 Å². The number of aliphatic hydroxyl groups is 1. The maximum absolute atomic E-state index is 9.01. The first kappa shape index (κ1) is 11.0. The Kier molecular flexibility index (Phi) is 3.47. The summed E-state index contributed by atoms with van der Waals surface area (Å²) in [5.74, 6) is 0.631. The van der Waals surface area contributed by atoms with Crippen LogP contribution in [0.3, 0.4) is 0 Å². The quantitative estimate of drug-likeness (QED) is 0.778. The molecule has 0 aliphatic rings. The lowest BCUT2D eigenvalue weighted by molar-refractivity contribution is 0.272. The highest BCUT2D eigenvalue weighted by Crippen LogP contribution is 2.19. The third-order valence-electron chi connectivity index (χ3n) is 2.02. The number of hydrogen-bond donors (Lipinski definition) is 1. The Morgan fingerprint density at radius 1 is 1.38 bits per heavy atom. The largest absolute Gasteiger partial charge is 0.395 e. The maximum atomic E-state index is 9.01. The summed E-state index contributed by atoms with van der Waals surface area (Å²) in [6.07, 6.45) is 6.75. The SMILES string of the molecule is CSc1nnc(-c2cnccn2)n1CCO. The Hall–Kier alpha value is -1.47. The van der Waals surface area contributed by atoms with Gasteiger partial charge in [0.05, 0.1) is 12.8 Å². The molecule has 2 aromatic rings. The van der Waals surface area contributed by atoms with E-state index in [4.69, 9.17) is 5.11 Å². The molecule has 0 spiro atoms. The topological polar surface area (TPSA) is 76.7 Å². The van der Waals surface area contributed by atoms with Crippen molar-refractivity contribution in [2.24, 2.45) is 0 Å². The van der Waals surface area contributed by atoms with Gasteiger partial charge in [0.25, 0.3) is 0 Å². The van der Waals surface area contributed by atoms with Crippen LogP contribution in [0, 0.1) is 0 Å². The van der Waals surface area contributed by atoms with Gasteiger partial charge in [0.2, 0.25) is 0 Å². The molecule has 0 saturated carbocycles. The molecule has 16 heavy (non-hydrogen) atoms. The van der Waals surface area contributed by atoms with E-state index < -0.39 is 0 Å². The smallest absolute Gasteiger partial charge is 0.191 e. The lowest BCUT2D eigenvalue weighted by Crippen LogP contribution is -2.06. The minimum Gasteiger partial charge on any atom is -0.395 e. The van der Waals surface area contributed by atoms with Crippen molar-refractivity contribution >= 4 is 11.8 Å². The number of thioether (sulfide) groups is 1. The van der Waals surface area contributed by atoms with Crippen LogP contribution in [0.4, 0.5) is 0 Å². The monoisotopic (exact) mass is 237 g/mol.